The summed E-state index contributed by atoms with van der Waals surface area (Å²) in [5.41, 5.74) is 2.17. The molecule has 12 heteroatoms. The van der Waals surface area contributed by atoms with Crippen LogP contribution in [0.25, 0.3) is 21.8 Å². The number of anilines is 2. The highest BCUT2D eigenvalue weighted by Crippen LogP contribution is 2.22. The molecule has 4 N–H and O–H groups in total. The van der Waals surface area contributed by atoms with Gasteiger partial charge in [-0.3, -0.25) is 38.9 Å². The van der Waals surface area contributed by atoms with E-state index in [1.807, 2.05) is 24.3 Å². The molecular weight excluding hydrogens is 540 g/mol. The number of fused-ring (bicyclic) bond motifs is 2. The summed E-state index contributed by atoms with van der Waals surface area (Å²) in [5, 5.41) is 26.4. The van der Waals surface area contributed by atoms with E-state index < -0.39 is 48.9 Å². The molecule has 0 radical (unpaired) electrons. The molecule has 4 rings (SSSR count). The minimum absolute atomic E-state index is 0.00932. The Hall–Kier alpha value is -4.94. The number of pyridine rings is 2. The van der Waals surface area contributed by atoms with Gasteiger partial charge in [-0.1, -0.05) is 36.4 Å². The zero-order chi connectivity index (χ0) is 30.2. The van der Waals surface area contributed by atoms with E-state index in [0.29, 0.717) is 22.4 Å². The number of amides is 2. The zero-order valence-electron chi connectivity index (χ0n) is 23.2. The predicted molar refractivity (Wildman–Crippen MR) is 158 cm³/mol. The van der Waals surface area contributed by atoms with Gasteiger partial charge in [-0.15, -0.1) is 0 Å². The third-order valence-corrected chi connectivity index (χ3v) is 6.99. The van der Waals surface area contributed by atoms with Gasteiger partial charge in [-0.05, 0) is 38.1 Å². The van der Waals surface area contributed by atoms with Gasteiger partial charge in [0.25, 0.3) is 0 Å². The Morgan fingerprint density at radius 1 is 0.667 bits per heavy atom. The first kappa shape index (κ1) is 30.0. The summed E-state index contributed by atoms with van der Waals surface area (Å²) in [5.74, 6) is -3.21. The summed E-state index contributed by atoms with van der Waals surface area (Å²) < 4.78 is 0. The van der Waals surface area contributed by atoms with Crippen LogP contribution in [0.5, 0.6) is 0 Å². The molecule has 2 amide bonds. The smallest absolute Gasteiger partial charge is 0.317 e. The van der Waals surface area contributed by atoms with E-state index in [-0.39, 0.29) is 13.1 Å². The molecule has 0 saturated carbocycles. The van der Waals surface area contributed by atoms with Crippen LogP contribution in [0.1, 0.15) is 13.8 Å². The van der Waals surface area contributed by atoms with Crippen molar-refractivity contribution in [2.75, 3.05) is 36.8 Å². The fourth-order valence-corrected chi connectivity index (χ4v) is 4.64. The Bertz CT molecular complexity index is 1480. The maximum atomic E-state index is 13.2. The molecule has 0 unspecified atom stereocenters. The molecule has 2 aromatic carbocycles. The summed E-state index contributed by atoms with van der Waals surface area (Å²) in [6.45, 7) is 2.23. The third-order valence-electron chi connectivity index (χ3n) is 6.99. The molecule has 0 fully saturated rings. The third kappa shape index (κ3) is 7.42. The lowest BCUT2D eigenvalue weighted by Crippen LogP contribution is -2.51. The normalized spacial score (nSPS) is 12.8. The number of carboxylic acids is 2. The van der Waals surface area contributed by atoms with E-state index in [4.69, 9.17) is 0 Å². The van der Waals surface area contributed by atoms with Gasteiger partial charge >= 0.3 is 11.9 Å². The first-order chi connectivity index (χ1) is 20.1. The lowest BCUT2D eigenvalue weighted by atomic mass is 10.1. The highest BCUT2D eigenvalue weighted by atomic mass is 16.4. The van der Waals surface area contributed by atoms with Gasteiger partial charge in [0.2, 0.25) is 11.8 Å². The van der Waals surface area contributed by atoms with E-state index in [9.17, 15) is 29.4 Å². The molecule has 0 aliphatic heterocycles. The molecule has 0 spiro atoms. The number of carbonyl (C=O) groups excluding carboxylic acids is 2. The standard InChI is InChI=1S/C30H32N6O6/c1-19(29(41)33-23-11-3-7-21-9-5-13-31-27(21)23)35(17-25(37)38)15-16-36(18-26(39)40)20(2)30(42)34-24-12-4-8-22-10-6-14-32-28(22)24/h3-14,19-20H,15-18H2,1-2H3,(H,33,41)(H,34,42)(H,37,38)(H,39,40)/t19-,20-/m0/s1. The van der Waals surface area contributed by atoms with Crippen molar-refractivity contribution in [1.82, 2.24) is 19.8 Å². The average molecular weight is 573 g/mol. The van der Waals surface area contributed by atoms with E-state index in [1.165, 1.54) is 9.80 Å². The van der Waals surface area contributed by atoms with Gasteiger partial charge in [-0.25, -0.2) is 0 Å². The lowest BCUT2D eigenvalue weighted by Gasteiger charge is -2.32. The molecule has 4 aromatic rings. The highest BCUT2D eigenvalue weighted by Gasteiger charge is 2.28. The van der Waals surface area contributed by atoms with Crippen LogP contribution in [-0.2, 0) is 19.2 Å². The van der Waals surface area contributed by atoms with Crippen LogP contribution in [0.15, 0.2) is 73.1 Å². The number of aromatic nitrogens is 2. The van der Waals surface area contributed by atoms with Gasteiger partial charge in [0.15, 0.2) is 0 Å². The van der Waals surface area contributed by atoms with Crippen LogP contribution < -0.4 is 10.6 Å². The maximum absolute atomic E-state index is 13.2. The fourth-order valence-electron chi connectivity index (χ4n) is 4.64. The minimum atomic E-state index is -1.15. The molecule has 0 saturated heterocycles. The number of nitrogens with zero attached hydrogens (tertiary/aromatic N) is 4. The van der Waals surface area contributed by atoms with E-state index in [2.05, 4.69) is 20.6 Å². The van der Waals surface area contributed by atoms with Crippen LogP contribution in [-0.4, -0.2) is 92.0 Å². The quantitative estimate of drug-likeness (QED) is 0.187. The van der Waals surface area contributed by atoms with E-state index in [1.54, 1.807) is 62.6 Å². The summed E-state index contributed by atoms with van der Waals surface area (Å²) in [6.07, 6.45) is 3.23. The van der Waals surface area contributed by atoms with Crippen molar-refractivity contribution >= 4 is 56.9 Å². The molecule has 42 heavy (non-hydrogen) atoms. The molecule has 2 aromatic heterocycles. The maximum Gasteiger partial charge on any atom is 0.317 e. The number of benzene rings is 2. The van der Waals surface area contributed by atoms with Crippen molar-refractivity contribution in [2.24, 2.45) is 0 Å². The Kier molecular flexibility index (Phi) is 9.73. The van der Waals surface area contributed by atoms with Crippen LogP contribution in [0.4, 0.5) is 11.4 Å². The molecule has 2 heterocycles. The molecule has 218 valence electrons. The minimum Gasteiger partial charge on any atom is -0.480 e. The average Bonchev–Trinajstić information content (AvgIpc) is 2.97. The van der Waals surface area contributed by atoms with Crippen LogP contribution in [0, 0.1) is 0 Å². The Morgan fingerprint density at radius 2 is 1.05 bits per heavy atom. The second kappa shape index (κ2) is 13.6. The van der Waals surface area contributed by atoms with Crippen molar-refractivity contribution in [1.29, 1.82) is 0 Å². The lowest BCUT2D eigenvalue weighted by molar-refractivity contribution is -0.142. The van der Waals surface area contributed by atoms with Gasteiger partial charge in [0.05, 0.1) is 47.6 Å². The van der Waals surface area contributed by atoms with Crippen molar-refractivity contribution in [2.45, 2.75) is 25.9 Å². The topological polar surface area (TPSA) is 165 Å². The monoisotopic (exact) mass is 572 g/mol. The number of carboxylic acid groups (broad SMARTS) is 2. The second-order valence-corrected chi connectivity index (χ2v) is 9.82. The first-order valence-corrected chi connectivity index (χ1v) is 13.3. The van der Waals surface area contributed by atoms with Crippen molar-refractivity contribution in [3.63, 3.8) is 0 Å². The molecule has 2 atom stereocenters. The molecule has 0 aliphatic rings. The van der Waals surface area contributed by atoms with Gasteiger partial charge in [0.1, 0.15) is 0 Å². The zero-order valence-corrected chi connectivity index (χ0v) is 23.2. The van der Waals surface area contributed by atoms with Crippen molar-refractivity contribution in [3.8, 4) is 0 Å². The van der Waals surface area contributed by atoms with Crippen molar-refractivity contribution in [3.05, 3.63) is 73.1 Å². The van der Waals surface area contributed by atoms with Gasteiger partial charge in [-0.2, -0.15) is 0 Å². The molecular formula is C30H32N6O6. The highest BCUT2D eigenvalue weighted by molar-refractivity contribution is 6.03. The first-order valence-electron chi connectivity index (χ1n) is 13.3. The Labute approximate surface area is 242 Å². The number of aliphatic carboxylic acids is 2. The van der Waals surface area contributed by atoms with E-state index >= 15 is 0 Å². The van der Waals surface area contributed by atoms with Crippen LogP contribution in [0.3, 0.4) is 0 Å². The summed E-state index contributed by atoms with van der Waals surface area (Å²) in [7, 11) is 0. The summed E-state index contributed by atoms with van der Waals surface area (Å²) in [4.78, 5) is 61.3. The molecule has 12 nitrogen and oxygen atoms in total. The Morgan fingerprint density at radius 3 is 1.43 bits per heavy atom. The number of nitrogens with one attached hydrogen (secondary N) is 2. The number of para-hydroxylation sites is 2. The van der Waals surface area contributed by atoms with E-state index in [0.717, 1.165) is 10.8 Å². The Balaban J connectivity index is 1.47. The molecule has 0 aliphatic carbocycles. The SMILES string of the molecule is C[C@@H](C(=O)Nc1cccc2cccnc12)N(CCN(CC(=O)O)[C@@H](C)C(=O)Nc1cccc2cccnc12)CC(=O)O. The number of hydrogen-bond acceptors (Lipinski definition) is 8. The van der Waals surface area contributed by atoms with Gasteiger partial charge < -0.3 is 20.8 Å². The van der Waals surface area contributed by atoms with Gasteiger partial charge in [0, 0.05) is 36.3 Å². The second-order valence-electron chi connectivity index (χ2n) is 9.82. The number of carbonyl (C=O) groups is 4. The van der Waals surface area contributed by atoms with Crippen LogP contribution in [0.2, 0.25) is 0 Å². The predicted octanol–water partition coefficient (Wildman–Crippen LogP) is 2.91. The van der Waals surface area contributed by atoms with Crippen molar-refractivity contribution < 1.29 is 29.4 Å². The molecule has 0 bridgehead atoms. The summed E-state index contributed by atoms with van der Waals surface area (Å²) >= 11 is 0. The largest absolute Gasteiger partial charge is 0.480 e. The summed E-state index contributed by atoms with van der Waals surface area (Å²) in [6, 6.07) is 16.2. The fraction of sp³-hybridized carbons (Fsp3) is 0.267. The number of hydrogen-bond donors (Lipinski definition) is 4. The van der Waals surface area contributed by atoms with Crippen LogP contribution >= 0.6 is 0 Å². The number of rotatable bonds is 13.